The Morgan fingerprint density at radius 2 is 0.905 bits per heavy atom. The summed E-state index contributed by atoms with van der Waals surface area (Å²) in [4.78, 5) is 0. The molecule has 0 fully saturated rings. The minimum absolute atomic E-state index is 0.215. The molecule has 3 rings (SSSR count). The van der Waals surface area contributed by atoms with E-state index in [4.69, 9.17) is 18.9 Å². The molecule has 0 spiro atoms. The molecule has 0 bridgehead atoms. The molecule has 0 aliphatic heterocycles. The van der Waals surface area contributed by atoms with E-state index in [9.17, 15) is 13.2 Å². The monoisotopic (exact) mass is 612 g/mol. The molecule has 0 aromatic heterocycles. The first-order valence-corrected chi connectivity index (χ1v) is 14.6. The molecule has 3 aromatic carbocycles. The van der Waals surface area contributed by atoms with E-state index in [1.807, 2.05) is 53.7 Å². The quantitative estimate of drug-likeness (QED) is 0.0835. The van der Waals surface area contributed by atoms with Gasteiger partial charge in [0.2, 0.25) is 5.82 Å². The molecule has 0 saturated carbocycles. The van der Waals surface area contributed by atoms with Gasteiger partial charge in [0.25, 0.3) is 0 Å². The molecule has 0 N–H and O–H groups in total. The molecule has 42 heavy (non-hydrogen) atoms. The van der Waals surface area contributed by atoms with Gasteiger partial charge in [0.1, 0.15) is 11.5 Å². The maximum atomic E-state index is 15.8. The standard InChI is InChI=1S/C32H38F5O4P/c1-17-11-19(31(3,4)5)28(40-15-38-9)21(13-17)42(30-26(36)24(34)23(33)25(35)27(30)37)22-14-18(2)12-20(32(6,7)8)29(22)41-16-39-10/h11-14H,15-16H2,1-10H3. The van der Waals surface area contributed by atoms with Crippen molar-refractivity contribution >= 4 is 23.8 Å². The van der Waals surface area contributed by atoms with Crippen molar-refractivity contribution in [3.8, 4) is 11.5 Å². The summed E-state index contributed by atoms with van der Waals surface area (Å²) in [6.45, 7) is 14.8. The van der Waals surface area contributed by atoms with Gasteiger partial charge in [-0.1, -0.05) is 53.7 Å². The van der Waals surface area contributed by atoms with Crippen LogP contribution in [0.3, 0.4) is 0 Å². The predicted molar refractivity (Wildman–Crippen MR) is 157 cm³/mol. The minimum Gasteiger partial charge on any atom is -0.467 e. The number of methoxy groups -OCH3 is 2. The van der Waals surface area contributed by atoms with Crippen LogP contribution in [0.15, 0.2) is 24.3 Å². The van der Waals surface area contributed by atoms with Crippen molar-refractivity contribution in [2.75, 3.05) is 27.8 Å². The molecule has 0 radical (unpaired) electrons. The third kappa shape index (κ3) is 6.74. The SMILES string of the molecule is COCOc1c(P(c2cc(C)cc(C(C)(C)C)c2OCOC)c2c(F)c(F)c(F)c(F)c2F)cc(C)cc1C(C)(C)C. The third-order valence-corrected chi connectivity index (χ3v) is 9.05. The van der Waals surface area contributed by atoms with Crippen molar-refractivity contribution in [1.82, 2.24) is 0 Å². The summed E-state index contributed by atoms with van der Waals surface area (Å²) in [7, 11) is 0.318. The Morgan fingerprint density at radius 3 is 1.21 bits per heavy atom. The molecule has 0 atom stereocenters. The van der Waals surface area contributed by atoms with Crippen LogP contribution in [0.5, 0.6) is 11.5 Å². The van der Waals surface area contributed by atoms with Crippen molar-refractivity contribution in [3.05, 3.63) is 75.6 Å². The second-order valence-corrected chi connectivity index (χ2v) is 14.3. The largest absolute Gasteiger partial charge is 0.467 e. The topological polar surface area (TPSA) is 36.9 Å². The van der Waals surface area contributed by atoms with Crippen molar-refractivity contribution in [2.45, 2.75) is 66.2 Å². The van der Waals surface area contributed by atoms with Gasteiger partial charge >= 0.3 is 0 Å². The highest BCUT2D eigenvalue weighted by molar-refractivity contribution is 7.80. The molecule has 0 aliphatic carbocycles. The van der Waals surface area contributed by atoms with Gasteiger partial charge in [-0.25, -0.2) is 22.0 Å². The zero-order chi connectivity index (χ0) is 31.7. The van der Waals surface area contributed by atoms with E-state index in [1.54, 1.807) is 26.0 Å². The van der Waals surface area contributed by atoms with Gasteiger partial charge in [0.05, 0.1) is 5.30 Å². The second kappa shape index (κ2) is 12.9. The van der Waals surface area contributed by atoms with Gasteiger partial charge < -0.3 is 18.9 Å². The number of aryl methyl sites for hydroxylation is 2. The number of hydrogen-bond donors (Lipinski definition) is 0. The first kappa shape index (κ1) is 33.8. The maximum absolute atomic E-state index is 15.8. The highest BCUT2D eigenvalue weighted by atomic mass is 31.1. The summed E-state index contributed by atoms with van der Waals surface area (Å²) in [5.74, 6) is -9.63. The highest BCUT2D eigenvalue weighted by Gasteiger charge is 2.38. The lowest BCUT2D eigenvalue weighted by molar-refractivity contribution is 0.0506. The molecular weight excluding hydrogens is 574 g/mol. The Morgan fingerprint density at radius 1 is 0.571 bits per heavy atom. The lowest BCUT2D eigenvalue weighted by Crippen LogP contribution is -2.33. The van der Waals surface area contributed by atoms with E-state index < -0.39 is 53.1 Å². The Balaban J connectivity index is 2.67. The van der Waals surface area contributed by atoms with Crippen molar-refractivity contribution < 1.29 is 40.9 Å². The lowest BCUT2D eigenvalue weighted by atomic mass is 9.85. The van der Waals surface area contributed by atoms with Crippen molar-refractivity contribution in [3.63, 3.8) is 0 Å². The fraction of sp³-hybridized carbons (Fsp3) is 0.438. The van der Waals surface area contributed by atoms with Crippen LogP contribution in [0, 0.1) is 42.9 Å². The van der Waals surface area contributed by atoms with Gasteiger partial charge in [-0.2, -0.15) is 0 Å². The maximum Gasteiger partial charge on any atom is 0.200 e. The fourth-order valence-electron chi connectivity index (χ4n) is 4.65. The molecule has 0 heterocycles. The van der Waals surface area contributed by atoms with Gasteiger partial charge in [0.15, 0.2) is 36.9 Å². The van der Waals surface area contributed by atoms with Gasteiger partial charge in [-0.3, -0.25) is 0 Å². The van der Waals surface area contributed by atoms with E-state index >= 15 is 8.78 Å². The van der Waals surface area contributed by atoms with Crippen molar-refractivity contribution in [2.24, 2.45) is 0 Å². The average Bonchev–Trinajstić information content (AvgIpc) is 2.90. The lowest BCUT2D eigenvalue weighted by Gasteiger charge is -2.32. The molecule has 0 saturated heterocycles. The van der Waals surface area contributed by atoms with Crippen LogP contribution >= 0.6 is 7.92 Å². The highest BCUT2D eigenvalue weighted by Crippen LogP contribution is 2.47. The molecule has 0 unspecified atom stereocenters. The van der Waals surface area contributed by atoms with E-state index in [2.05, 4.69) is 0 Å². The summed E-state index contributed by atoms with van der Waals surface area (Å²) in [5, 5.41) is -0.451. The number of hydrogen-bond acceptors (Lipinski definition) is 4. The summed E-state index contributed by atoms with van der Waals surface area (Å²) in [6.07, 6.45) is 0. The van der Waals surface area contributed by atoms with E-state index in [1.165, 1.54) is 14.2 Å². The molecule has 10 heteroatoms. The average molecular weight is 613 g/mol. The van der Waals surface area contributed by atoms with Crippen LogP contribution < -0.4 is 25.4 Å². The smallest absolute Gasteiger partial charge is 0.200 e. The van der Waals surface area contributed by atoms with Gasteiger partial charge in [-0.05, 0) is 47.9 Å². The number of benzene rings is 3. The Bertz CT molecular complexity index is 1360. The van der Waals surface area contributed by atoms with Crippen LogP contribution in [0.2, 0.25) is 0 Å². The van der Waals surface area contributed by atoms with Crippen LogP contribution in [0.1, 0.15) is 63.8 Å². The molecule has 230 valence electrons. The summed E-state index contributed by atoms with van der Waals surface area (Å²) in [5.41, 5.74) is 1.71. The second-order valence-electron chi connectivity index (χ2n) is 12.2. The van der Waals surface area contributed by atoms with Gasteiger partial charge in [-0.15, -0.1) is 0 Å². The first-order valence-electron chi connectivity index (χ1n) is 13.3. The Labute approximate surface area is 245 Å². The number of rotatable bonds is 9. The first-order chi connectivity index (χ1) is 19.4. The summed E-state index contributed by atoms with van der Waals surface area (Å²) in [6, 6.07) is 7.06. The molecular formula is C32H38F5O4P. The molecule has 4 nitrogen and oxygen atoms in total. The normalized spacial score (nSPS) is 12.3. The summed E-state index contributed by atoms with van der Waals surface area (Å²) < 4.78 is 98.1. The van der Waals surface area contributed by atoms with E-state index in [0.29, 0.717) is 22.3 Å². The number of halogens is 5. The molecule has 0 aliphatic rings. The minimum atomic E-state index is -2.52. The summed E-state index contributed by atoms with van der Waals surface area (Å²) >= 11 is 0. The van der Waals surface area contributed by atoms with Gasteiger partial charge in [0, 0.05) is 43.9 Å². The zero-order valence-electron chi connectivity index (χ0n) is 25.7. The fourth-order valence-corrected chi connectivity index (χ4v) is 7.43. The van der Waals surface area contributed by atoms with E-state index in [0.717, 1.165) is 0 Å². The van der Waals surface area contributed by atoms with Crippen LogP contribution in [0.25, 0.3) is 0 Å². The zero-order valence-corrected chi connectivity index (χ0v) is 26.6. The van der Waals surface area contributed by atoms with Crippen LogP contribution in [-0.4, -0.2) is 27.8 Å². The molecule has 0 amide bonds. The number of ether oxygens (including phenoxy) is 4. The van der Waals surface area contributed by atoms with Crippen LogP contribution in [-0.2, 0) is 20.3 Å². The van der Waals surface area contributed by atoms with E-state index in [-0.39, 0.29) is 35.7 Å². The van der Waals surface area contributed by atoms with Crippen LogP contribution in [0.4, 0.5) is 22.0 Å². The third-order valence-electron chi connectivity index (χ3n) is 6.58. The Kier molecular flexibility index (Phi) is 10.3. The predicted octanol–water partition coefficient (Wildman–Crippen LogP) is 7.32. The Hall–Kier alpha value is -2.74. The van der Waals surface area contributed by atoms with Crippen molar-refractivity contribution in [1.29, 1.82) is 0 Å². The molecule has 3 aromatic rings.